The zero-order valence-electron chi connectivity index (χ0n) is 14.8. The third kappa shape index (κ3) is 7.52. The van der Waals surface area contributed by atoms with Gasteiger partial charge in [-0.3, -0.25) is 4.79 Å². The molecule has 0 spiro atoms. The maximum Gasteiger partial charge on any atom is 0.234 e. The highest BCUT2D eigenvalue weighted by Gasteiger charge is 2.03. The van der Waals surface area contributed by atoms with Crippen LogP contribution in [0.1, 0.15) is 18.9 Å². The molecular formula is C20H25NO3S. The first-order valence-electron chi connectivity index (χ1n) is 8.47. The highest BCUT2D eigenvalue weighted by Crippen LogP contribution is 2.18. The lowest BCUT2D eigenvalue weighted by molar-refractivity contribution is -0.113. The number of thioether (sulfide) groups is 1. The van der Waals surface area contributed by atoms with Crippen LogP contribution in [0.4, 0.5) is 5.69 Å². The molecule has 1 amide bonds. The molecule has 1 N–H and O–H groups in total. The fourth-order valence-electron chi connectivity index (χ4n) is 2.16. The SMILES string of the molecule is CCCOc1ccc(OCCSCC(=O)Nc2cccc(C)c2)cc1. The summed E-state index contributed by atoms with van der Waals surface area (Å²) >= 11 is 1.56. The van der Waals surface area contributed by atoms with Gasteiger partial charge in [-0.05, 0) is 55.3 Å². The molecule has 2 aromatic rings. The van der Waals surface area contributed by atoms with E-state index in [2.05, 4.69) is 12.2 Å². The summed E-state index contributed by atoms with van der Waals surface area (Å²) in [6, 6.07) is 15.4. The van der Waals surface area contributed by atoms with Crippen LogP contribution in [0.25, 0.3) is 0 Å². The monoisotopic (exact) mass is 359 g/mol. The molecule has 0 aliphatic carbocycles. The maximum absolute atomic E-state index is 11.9. The highest BCUT2D eigenvalue weighted by atomic mass is 32.2. The Kier molecular flexibility index (Phi) is 8.19. The minimum Gasteiger partial charge on any atom is -0.494 e. The number of carbonyl (C=O) groups excluding carboxylic acids is 1. The van der Waals surface area contributed by atoms with Crippen molar-refractivity contribution < 1.29 is 14.3 Å². The van der Waals surface area contributed by atoms with Crippen LogP contribution in [-0.4, -0.2) is 30.6 Å². The molecule has 0 aromatic heterocycles. The number of hydrogen-bond acceptors (Lipinski definition) is 4. The minimum absolute atomic E-state index is 0.00743. The Morgan fingerprint density at radius 3 is 2.36 bits per heavy atom. The van der Waals surface area contributed by atoms with E-state index in [1.54, 1.807) is 11.8 Å². The van der Waals surface area contributed by atoms with Gasteiger partial charge in [0.05, 0.1) is 19.0 Å². The van der Waals surface area contributed by atoms with Crippen LogP contribution >= 0.6 is 11.8 Å². The molecule has 134 valence electrons. The average molecular weight is 359 g/mol. The Balaban J connectivity index is 1.60. The Bertz CT molecular complexity index is 658. The largest absolute Gasteiger partial charge is 0.494 e. The third-order valence-corrected chi connectivity index (χ3v) is 4.25. The van der Waals surface area contributed by atoms with Crippen molar-refractivity contribution in [3.05, 3.63) is 54.1 Å². The molecule has 0 radical (unpaired) electrons. The van der Waals surface area contributed by atoms with Gasteiger partial charge >= 0.3 is 0 Å². The van der Waals surface area contributed by atoms with Crippen molar-refractivity contribution in [3.63, 3.8) is 0 Å². The Morgan fingerprint density at radius 1 is 1.04 bits per heavy atom. The number of anilines is 1. The molecule has 0 unspecified atom stereocenters. The van der Waals surface area contributed by atoms with Crippen molar-refractivity contribution >= 4 is 23.4 Å². The van der Waals surface area contributed by atoms with E-state index in [4.69, 9.17) is 9.47 Å². The van der Waals surface area contributed by atoms with E-state index >= 15 is 0 Å². The van der Waals surface area contributed by atoms with Gasteiger partial charge in [-0.2, -0.15) is 0 Å². The van der Waals surface area contributed by atoms with Gasteiger partial charge in [0.25, 0.3) is 0 Å². The number of amides is 1. The molecule has 5 heteroatoms. The summed E-state index contributed by atoms with van der Waals surface area (Å²) in [5.74, 6) is 2.86. The van der Waals surface area contributed by atoms with Crippen molar-refractivity contribution in [2.75, 3.05) is 30.0 Å². The minimum atomic E-state index is 0.00743. The van der Waals surface area contributed by atoms with Gasteiger partial charge in [0.2, 0.25) is 5.91 Å². The van der Waals surface area contributed by atoms with Gasteiger partial charge in [-0.25, -0.2) is 0 Å². The lowest BCUT2D eigenvalue weighted by Gasteiger charge is -2.08. The van der Waals surface area contributed by atoms with Crippen LogP contribution in [0.15, 0.2) is 48.5 Å². The van der Waals surface area contributed by atoms with Crippen LogP contribution in [0.3, 0.4) is 0 Å². The third-order valence-electron chi connectivity index (χ3n) is 3.33. The van der Waals surface area contributed by atoms with Gasteiger partial charge in [0.1, 0.15) is 11.5 Å². The molecule has 0 atom stereocenters. The molecule has 0 saturated heterocycles. The molecule has 0 bridgehead atoms. The number of hydrogen-bond donors (Lipinski definition) is 1. The summed E-state index contributed by atoms with van der Waals surface area (Å²) in [5.41, 5.74) is 1.97. The second-order valence-electron chi connectivity index (χ2n) is 5.64. The first-order chi connectivity index (χ1) is 12.2. The zero-order valence-corrected chi connectivity index (χ0v) is 15.6. The number of carbonyl (C=O) groups is 1. The second-order valence-corrected chi connectivity index (χ2v) is 6.74. The van der Waals surface area contributed by atoms with Crippen molar-refractivity contribution in [1.82, 2.24) is 0 Å². The normalized spacial score (nSPS) is 10.3. The van der Waals surface area contributed by atoms with E-state index in [1.807, 2.05) is 55.5 Å². The fourth-order valence-corrected chi connectivity index (χ4v) is 2.76. The molecule has 2 rings (SSSR count). The first-order valence-corrected chi connectivity index (χ1v) is 9.63. The van der Waals surface area contributed by atoms with E-state index in [-0.39, 0.29) is 5.91 Å². The van der Waals surface area contributed by atoms with Crippen LogP contribution in [-0.2, 0) is 4.79 Å². The molecule has 0 aliphatic heterocycles. The first kappa shape index (κ1) is 19.2. The van der Waals surface area contributed by atoms with Crippen LogP contribution in [0, 0.1) is 6.92 Å². The van der Waals surface area contributed by atoms with E-state index in [0.29, 0.717) is 12.4 Å². The number of nitrogens with one attached hydrogen (secondary N) is 1. The number of ether oxygens (including phenoxy) is 2. The summed E-state index contributed by atoms with van der Waals surface area (Å²) < 4.78 is 11.2. The number of benzene rings is 2. The average Bonchev–Trinajstić information content (AvgIpc) is 2.60. The molecule has 4 nitrogen and oxygen atoms in total. The molecule has 25 heavy (non-hydrogen) atoms. The quantitative estimate of drug-likeness (QED) is 0.633. The van der Waals surface area contributed by atoms with Crippen LogP contribution < -0.4 is 14.8 Å². The van der Waals surface area contributed by atoms with Crippen molar-refractivity contribution in [2.45, 2.75) is 20.3 Å². The van der Waals surface area contributed by atoms with Gasteiger partial charge in [-0.1, -0.05) is 19.1 Å². The summed E-state index contributed by atoms with van der Waals surface area (Å²) in [4.78, 5) is 11.9. The van der Waals surface area contributed by atoms with Crippen LogP contribution in [0.2, 0.25) is 0 Å². The maximum atomic E-state index is 11.9. The zero-order chi connectivity index (χ0) is 17.9. The van der Waals surface area contributed by atoms with Gasteiger partial charge < -0.3 is 14.8 Å². The summed E-state index contributed by atoms with van der Waals surface area (Å²) in [6.45, 7) is 5.37. The Morgan fingerprint density at radius 2 is 1.72 bits per heavy atom. The molecule has 2 aromatic carbocycles. The Labute approximate surface area is 153 Å². The van der Waals surface area contributed by atoms with Crippen molar-refractivity contribution in [3.8, 4) is 11.5 Å². The van der Waals surface area contributed by atoms with Crippen molar-refractivity contribution in [1.29, 1.82) is 0 Å². The van der Waals surface area contributed by atoms with Crippen molar-refractivity contribution in [2.24, 2.45) is 0 Å². The lowest BCUT2D eigenvalue weighted by atomic mass is 10.2. The predicted molar refractivity (Wildman–Crippen MR) is 105 cm³/mol. The molecule has 0 aliphatic rings. The topological polar surface area (TPSA) is 47.6 Å². The van der Waals surface area contributed by atoms with Crippen LogP contribution in [0.5, 0.6) is 11.5 Å². The van der Waals surface area contributed by atoms with E-state index < -0.39 is 0 Å². The highest BCUT2D eigenvalue weighted by molar-refractivity contribution is 7.99. The van der Waals surface area contributed by atoms with E-state index in [1.165, 1.54) is 0 Å². The smallest absolute Gasteiger partial charge is 0.234 e. The summed E-state index contributed by atoms with van der Waals surface area (Å²) in [7, 11) is 0. The summed E-state index contributed by atoms with van der Waals surface area (Å²) in [6.07, 6.45) is 0.993. The molecule has 0 heterocycles. The van der Waals surface area contributed by atoms with Gasteiger partial charge in [0, 0.05) is 11.4 Å². The predicted octanol–water partition coefficient (Wildman–Crippen LogP) is 4.53. The molecular weight excluding hydrogens is 334 g/mol. The van der Waals surface area contributed by atoms with Gasteiger partial charge in [0.15, 0.2) is 0 Å². The number of aryl methyl sites for hydroxylation is 1. The van der Waals surface area contributed by atoms with E-state index in [9.17, 15) is 4.79 Å². The number of rotatable bonds is 10. The standard InChI is InChI=1S/C20H25NO3S/c1-3-11-23-18-7-9-19(10-8-18)24-12-13-25-15-20(22)21-17-6-4-5-16(2)14-17/h4-10,14H,3,11-13,15H2,1-2H3,(H,21,22). The van der Waals surface area contributed by atoms with E-state index in [0.717, 1.165) is 41.5 Å². The second kappa shape index (κ2) is 10.7. The lowest BCUT2D eigenvalue weighted by Crippen LogP contribution is -2.15. The molecule has 0 saturated carbocycles. The fraction of sp³-hybridized carbons (Fsp3) is 0.350. The Hall–Kier alpha value is -2.14. The molecule has 0 fully saturated rings. The summed E-state index contributed by atoms with van der Waals surface area (Å²) in [5, 5.41) is 2.90. The van der Waals surface area contributed by atoms with Gasteiger partial charge in [-0.15, -0.1) is 11.8 Å².